The number of piperidine rings is 1. The van der Waals surface area contributed by atoms with Crippen LogP contribution in [0.2, 0.25) is 0 Å². The first-order chi connectivity index (χ1) is 9.10. The minimum absolute atomic E-state index is 0.0490. The van der Waals surface area contributed by atoms with Crippen LogP contribution in [0.1, 0.15) is 44.1 Å². The van der Waals surface area contributed by atoms with Crippen molar-refractivity contribution in [2.45, 2.75) is 45.1 Å². The Morgan fingerprint density at radius 3 is 2.42 bits per heavy atom. The van der Waals surface area contributed by atoms with Gasteiger partial charge in [0.05, 0.1) is 12.7 Å². The molecule has 2 heterocycles. The van der Waals surface area contributed by atoms with Crippen LogP contribution >= 0.6 is 0 Å². The Morgan fingerprint density at radius 2 is 1.89 bits per heavy atom. The summed E-state index contributed by atoms with van der Waals surface area (Å²) in [6.07, 6.45) is 6.84. The number of carbonyl (C=O) groups excluding carboxylic acids is 2. The number of carbonyl (C=O) groups is 2. The molecule has 6 nitrogen and oxygen atoms in total. The van der Waals surface area contributed by atoms with Gasteiger partial charge in [-0.3, -0.25) is 19.6 Å². The quantitative estimate of drug-likeness (QED) is 0.783. The molecule has 1 spiro atoms. The number of likely N-dealkylation sites (tertiary alicyclic amines) is 1. The summed E-state index contributed by atoms with van der Waals surface area (Å²) >= 11 is 0. The van der Waals surface area contributed by atoms with Crippen molar-refractivity contribution in [2.24, 2.45) is 5.41 Å². The third-order valence-electron chi connectivity index (χ3n) is 4.40. The number of nitrogen functional groups attached to an aromatic ring is 1. The average Bonchev–Trinajstić information content (AvgIpc) is 2.94. The fourth-order valence-electron chi connectivity index (χ4n) is 3.31. The molecule has 1 saturated carbocycles. The van der Waals surface area contributed by atoms with E-state index in [2.05, 4.69) is 10.2 Å². The normalized spacial score (nSPS) is 22.4. The lowest BCUT2D eigenvalue weighted by atomic mass is 9.76. The molecule has 1 aromatic heterocycles. The molecular formula is C13H18N4O2. The molecule has 1 aromatic rings. The van der Waals surface area contributed by atoms with Crippen LogP contribution in [0.5, 0.6) is 0 Å². The van der Waals surface area contributed by atoms with Gasteiger partial charge in [0.1, 0.15) is 5.82 Å². The molecule has 0 radical (unpaired) electrons. The lowest BCUT2D eigenvalue weighted by molar-refractivity contribution is -0.154. The number of aromatic nitrogens is 2. The zero-order chi connectivity index (χ0) is 13.5. The number of nitrogens with zero attached hydrogens (tertiary/aromatic N) is 2. The van der Waals surface area contributed by atoms with Crippen LogP contribution in [-0.4, -0.2) is 26.9 Å². The van der Waals surface area contributed by atoms with Crippen LogP contribution in [-0.2, 0) is 16.1 Å². The Hall–Kier alpha value is -1.85. The third-order valence-corrected chi connectivity index (χ3v) is 4.40. The molecule has 2 aliphatic rings. The molecular weight excluding hydrogens is 244 g/mol. The number of aromatic amines is 1. The molecule has 0 atom stereocenters. The van der Waals surface area contributed by atoms with E-state index in [0.29, 0.717) is 24.2 Å². The number of nitrogens with two attached hydrogens (primary N) is 1. The van der Waals surface area contributed by atoms with E-state index in [4.69, 9.17) is 5.73 Å². The molecule has 0 bridgehead atoms. The third kappa shape index (κ3) is 2.11. The Morgan fingerprint density at radius 1 is 1.26 bits per heavy atom. The number of rotatable bonds is 2. The second-order valence-electron chi connectivity index (χ2n) is 5.74. The van der Waals surface area contributed by atoms with E-state index < -0.39 is 0 Å². The van der Waals surface area contributed by atoms with Gasteiger partial charge in [-0.15, -0.1) is 0 Å². The first-order valence-electron chi connectivity index (χ1n) is 6.71. The summed E-state index contributed by atoms with van der Waals surface area (Å²) in [5, 5.41) is 6.42. The van der Waals surface area contributed by atoms with Gasteiger partial charge in [-0.05, 0) is 18.3 Å². The van der Waals surface area contributed by atoms with Gasteiger partial charge >= 0.3 is 0 Å². The van der Waals surface area contributed by atoms with Gasteiger partial charge in [-0.25, -0.2) is 0 Å². The van der Waals surface area contributed by atoms with E-state index in [1.165, 1.54) is 4.90 Å². The zero-order valence-corrected chi connectivity index (χ0v) is 10.8. The van der Waals surface area contributed by atoms with Crippen LogP contribution in [0.3, 0.4) is 0 Å². The summed E-state index contributed by atoms with van der Waals surface area (Å²) in [5.74, 6) is 0.277. The largest absolute Gasteiger partial charge is 0.384 e. The maximum Gasteiger partial charge on any atom is 0.230 e. The average molecular weight is 262 g/mol. The zero-order valence-electron chi connectivity index (χ0n) is 10.8. The molecule has 19 heavy (non-hydrogen) atoms. The fraction of sp³-hybridized carbons (Fsp3) is 0.615. The Bertz CT molecular complexity index is 496. The molecule has 3 N–H and O–H groups in total. The van der Waals surface area contributed by atoms with Crippen molar-refractivity contribution in [3.05, 3.63) is 11.8 Å². The van der Waals surface area contributed by atoms with Gasteiger partial charge in [-0.2, -0.15) is 5.10 Å². The van der Waals surface area contributed by atoms with Gasteiger partial charge < -0.3 is 5.73 Å². The lowest BCUT2D eigenvalue weighted by Crippen LogP contribution is -2.46. The minimum Gasteiger partial charge on any atom is -0.384 e. The van der Waals surface area contributed by atoms with Crippen molar-refractivity contribution in [1.29, 1.82) is 0 Å². The van der Waals surface area contributed by atoms with Crippen molar-refractivity contribution in [3.63, 3.8) is 0 Å². The van der Waals surface area contributed by atoms with Crippen LogP contribution < -0.4 is 5.73 Å². The molecule has 2 amide bonds. The van der Waals surface area contributed by atoms with Gasteiger partial charge in [0.25, 0.3) is 0 Å². The van der Waals surface area contributed by atoms with Crippen LogP contribution in [0.15, 0.2) is 6.20 Å². The predicted molar refractivity (Wildman–Crippen MR) is 68.7 cm³/mol. The van der Waals surface area contributed by atoms with Gasteiger partial charge in [0, 0.05) is 18.4 Å². The highest BCUT2D eigenvalue weighted by atomic mass is 16.2. The Balaban J connectivity index is 1.76. The maximum atomic E-state index is 12.2. The van der Waals surface area contributed by atoms with E-state index in [1.54, 1.807) is 6.20 Å². The number of amides is 2. The number of imide groups is 1. The molecule has 6 heteroatoms. The van der Waals surface area contributed by atoms with Gasteiger partial charge in [0.2, 0.25) is 11.8 Å². The first-order valence-corrected chi connectivity index (χ1v) is 6.71. The topological polar surface area (TPSA) is 92.1 Å². The number of anilines is 1. The molecule has 1 aliphatic carbocycles. The molecule has 0 unspecified atom stereocenters. The number of hydrogen-bond acceptors (Lipinski definition) is 4. The summed E-state index contributed by atoms with van der Waals surface area (Å²) in [6, 6.07) is 0. The van der Waals surface area contributed by atoms with Crippen molar-refractivity contribution >= 4 is 17.6 Å². The minimum atomic E-state index is -0.0706. The monoisotopic (exact) mass is 262 g/mol. The Labute approximate surface area is 111 Å². The Kier molecular flexibility index (Phi) is 2.80. The van der Waals surface area contributed by atoms with E-state index in [1.807, 2.05) is 0 Å². The fourth-order valence-corrected chi connectivity index (χ4v) is 3.31. The summed E-state index contributed by atoms with van der Waals surface area (Å²) in [4.78, 5) is 25.8. The number of nitrogens with one attached hydrogen (secondary N) is 1. The number of H-pyrrole nitrogens is 1. The maximum absolute atomic E-state index is 12.2. The smallest absolute Gasteiger partial charge is 0.230 e. The van der Waals surface area contributed by atoms with Gasteiger partial charge in [0.15, 0.2) is 0 Å². The molecule has 102 valence electrons. The van der Waals surface area contributed by atoms with E-state index in [0.717, 1.165) is 25.7 Å². The molecule has 0 aromatic carbocycles. The molecule has 3 rings (SSSR count). The van der Waals surface area contributed by atoms with Crippen LogP contribution in [0, 0.1) is 5.41 Å². The summed E-state index contributed by atoms with van der Waals surface area (Å²) in [5.41, 5.74) is 6.35. The summed E-state index contributed by atoms with van der Waals surface area (Å²) < 4.78 is 0. The molecule has 2 fully saturated rings. The second kappa shape index (κ2) is 4.36. The SMILES string of the molecule is Nc1[nH]ncc1CN1C(=O)CC2(CCCC2)CC1=O. The van der Waals surface area contributed by atoms with E-state index in [-0.39, 0.29) is 23.8 Å². The van der Waals surface area contributed by atoms with E-state index >= 15 is 0 Å². The lowest BCUT2D eigenvalue weighted by Gasteiger charge is -2.37. The van der Waals surface area contributed by atoms with Crippen molar-refractivity contribution in [3.8, 4) is 0 Å². The second-order valence-corrected chi connectivity index (χ2v) is 5.74. The van der Waals surface area contributed by atoms with Crippen LogP contribution in [0.25, 0.3) is 0 Å². The molecule has 1 saturated heterocycles. The summed E-state index contributed by atoms with van der Waals surface area (Å²) in [6.45, 7) is 0.232. The predicted octanol–water partition coefficient (Wildman–Crippen LogP) is 1.20. The highest BCUT2D eigenvalue weighted by Crippen LogP contribution is 2.47. The number of hydrogen-bond donors (Lipinski definition) is 2. The standard InChI is InChI=1S/C13H18N4O2/c14-12-9(7-15-16-12)8-17-10(18)5-13(6-11(17)19)3-1-2-4-13/h7H,1-6,8H2,(H3,14,15,16). The highest BCUT2D eigenvalue weighted by molar-refractivity contribution is 5.98. The highest BCUT2D eigenvalue weighted by Gasteiger charge is 2.45. The van der Waals surface area contributed by atoms with Crippen LogP contribution in [0.4, 0.5) is 5.82 Å². The van der Waals surface area contributed by atoms with Crippen molar-refractivity contribution in [1.82, 2.24) is 15.1 Å². The first kappa shape index (κ1) is 12.2. The van der Waals surface area contributed by atoms with Gasteiger partial charge in [-0.1, -0.05) is 12.8 Å². The summed E-state index contributed by atoms with van der Waals surface area (Å²) in [7, 11) is 0. The molecule has 1 aliphatic heterocycles. The van der Waals surface area contributed by atoms with Crippen molar-refractivity contribution in [2.75, 3.05) is 5.73 Å². The van der Waals surface area contributed by atoms with Crippen molar-refractivity contribution < 1.29 is 9.59 Å². The van der Waals surface area contributed by atoms with E-state index in [9.17, 15) is 9.59 Å².